The molecule has 7 nitrogen and oxygen atoms in total. The molecule has 0 aliphatic carbocycles. The molecule has 188 valence electrons. The molecule has 1 saturated heterocycles. The number of hydrogen-bond acceptors (Lipinski definition) is 7. The predicted molar refractivity (Wildman–Crippen MR) is 135 cm³/mol. The van der Waals surface area contributed by atoms with Crippen molar-refractivity contribution in [1.29, 1.82) is 0 Å². The Labute approximate surface area is 211 Å². The van der Waals surface area contributed by atoms with Crippen LogP contribution in [0.2, 0.25) is 10.0 Å². The molecule has 1 heterocycles. The van der Waals surface area contributed by atoms with E-state index in [9.17, 15) is 10.2 Å². The zero-order valence-electron chi connectivity index (χ0n) is 19.5. The lowest BCUT2D eigenvalue weighted by atomic mass is 10.0. The Morgan fingerprint density at radius 2 is 1.47 bits per heavy atom. The fraction of sp³-hybridized carbons (Fsp3) is 0.520. The maximum atomic E-state index is 10.3. The van der Waals surface area contributed by atoms with E-state index in [1.54, 1.807) is 18.2 Å². The van der Waals surface area contributed by atoms with Crippen molar-refractivity contribution in [2.24, 2.45) is 0 Å². The standard InChI is InChI=1S/C25H34Cl2N2O5/c1-2-32-21-3-5-22(6-4-21)33-16-19(30)14-28-18-9-11-29(12-10-18)15-20(31)17-34-23-7-8-24(26)25(27)13-23/h3-8,13,18-20,28,30-31H,2,9-12,14-17H2,1H3/t19-,20-/m0/s1. The van der Waals surface area contributed by atoms with E-state index in [1.165, 1.54) is 0 Å². The highest BCUT2D eigenvalue weighted by Gasteiger charge is 2.21. The van der Waals surface area contributed by atoms with Crippen LogP contribution in [-0.4, -0.2) is 79.4 Å². The number of benzene rings is 2. The molecule has 0 unspecified atom stereocenters. The monoisotopic (exact) mass is 512 g/mol. The first kappa shape index (κ1) is 26.9. The van der Waals surface area contributed by atoms with Gasteiger partial charge in [-0.25, -0.2) is 0 Å². The molecular weight excluding hydrogens is 479 g/mol. The summed E-state index contributed by atoms with van der Waals surface area (Å²) in [5.74, 6) is 2.09. The normalized spacial score (nSPS) is 16.7. The van der Waals surface area contributed by atoms with E-state index in [0.29, 0.717) is 47.3 Å². The first-order chi connectivity index (χ1) is 16.4. The minimum atomic E-state index is -0.597. The highest BCUT2D eigenvalue weighted by Crippen LogP contribution is 2.26. The van der Waals surface area contributed by atoms with E-state index in [1.807, 2.05) is 31.2 Å². The van der Waals surface area contributed by atoms with Crippen LogP contribution < -0.4 is 19.5 Å². The molecule has 0 saturated carbocycles. The van der Waals surface area contributed by atoms with Crippen molar-refractivity contribution in [3.63, 3.8) is 0 Å². The van der Waals surface area contributed by atoms with Gasteiger partial charge in [-0.15, -0.1) is 0 Å². The first-order valence-electron chi connectivity index (χ1n) is 11.7. The maximum absolute atomic E-state index is 10.3. The van der Waals surface area contributed by atoms with E-state index < -0.39 is 12.2 Å². The third-order valence-corrected chi connectivity index (χ3v) is 6.35. The average Bonchev–Trinajstić information content (AvgIpc) is 2.84. The molecule has 1 fully saturated rings. The van der Waals surface area contributed by atoms with Gasteiger partial charge in [0, 0.05) is 25.2 Å². The minimum absolute atomic E-state index is 0.191. The van der Waals surface area contributed by atoms with E-state index >= 15 is 0 Å². The summed E-state index contributed by atoms with van der Waals surface area (Å²) in [4.78, 5) is 2.23. The number of nitrogens with zero attached hydrogens (tertiary/aromatic N) is 1. The first-order valence-corrected chi connectivity index (χ1v) is 12.4. The van der Waals surface area contributed by atoms with Gasteiger partial charge in [-0.05, 0) is 69.3 Å². The summed E-state index contributed by atoms with van der Waals surface area (Å²) >= 11 is 11.9. The van der Waals surface area contributed by atoms with Crippen LogP contribution in [0.3, 0.4) is 0 Å². The van der Waals surface area contributed by atoms with Crippen molar-refractivity contribution >= 4 is 23.2 Å². The summed E-state index contributed by atoms with van der Waals surface area (Å²) < 4.78 is 16.7. The van der Waals surface area contributed by atoms with Crippen molar-refractivity contribution in [3.8, 4) is 17.2 Å². The molecular formula is C25H34Cl2N2O5. The van der Waals surface area contributed by atoms with Gasteiger partial charge in [0.15, 0.2) is 0 Å². The number of rotatable bonds is 13. The topological polar surface area (TPSA) is 83.4 Å². The quantitative estimate of drug-likeness (QED) is 0.378. The summed E-state index contributed by atoms with van der Waals surface area (Å²) in [5.41, 5.74) is 0. The lowest BCUT2D eigenvalue weighted by Crippen LogP contribution is -2.47. The second-order valence-electron chi connectivity index (χ2n) is 8.39. The van der Waals surface area contributed by atoms with Crippen molar-refractivity contribution in [2.75, 3.05) is 46.0 Å². The number of halogens is 2. The van der Waals surface area contributed by atoms with Gasteiger partial charge < -0.3 is 34.6 Å². The van der Waals surface area contributed by atoms with Crippen molar-refractivity contribution in [1.82, 2.24) is 10.2 Å². The molecule has 0 amide bonds. The Balaban J connectivity index is 1.27. The van der Waals surface area contributed by atoms with Crippen molar-refractivity contribution in [2.45, 2.75) is 38.0 Å². The van der Waals surface area contributed by atoms with Gasteiger partial charge in [0.2, 0.25) is 0 Å². The molecule has 3 rings (SSSR count). The SMILES string of the molecule is CCOc1ccc(OC[C@@H](O)CNC2CCN(C[C@H](O)COc3ccc(Cl)c(Cl)c3)CC2)cc1. The second-order valence-corrected chi connectivity index (χ2v) is 9.21. The summed E-state index contributed by atoms with van der Waals surface area (Å²) in [6.45, 7) is 5.76. The second kappa shape index (κ2) is 14.0. The van der Waals surface area contributed by atoms with E-state index in [-0.39, 0.29) is 13.2 Å². The summed E-state index contributed by atoms with van der Waals surface area (Å²) in [5, 5.41) is 24.9. The van der Waals surface area contributed by atoms with Crippen LogP contribution in [0.25, 0.3) is 0 Å². The minimum Gasteiger partial charge on any atom is -0.494 e. The van der Waals surface area contributed by atoms with E-state index in [0.717, 1.165) is 31.7 Å². The van der Waals surface area contributed by atoms with Gasteiger partial charge in [0.1, 0.15) is 42.7 Å². The molecule has 0 aromatic heterocycles. The third-order valence-electron chi connectivity index (χ3n) is 5.61. The van der Waals surface area contributed by atoms with Crippen molar-refractivity contribution < 1.29 is 24.4 Å². The smallest absolute Gasteiger partial charge is 0.121 e. The van der Waals surface area contributed by atoms with E-state index in [4.69, 9.17) is 37.4 Å². The zero-order chi connectivity index (χ0) is 24.3. The Kier molecular flexibility index (Phi) is 11.0. The predicted octanol–water partition coefficient (Wildman–Crippen LogP) is 3.63. The van der Waals surface area contributed by atoms with Gasteiger partial charge in [0.25, 0.3) is 0 Å². The Morgan fingerprint density at radius 3 is 2.12 bits per heavy atom. The molecule has 0 radical (unpaired) electrons. The number of piperidine rings is 1. The molecule has 2 aromatic rings. The zero-order valence-corrected chi connectivity index (χ0v) is 21.0. The molecule has 3 N–H and O–H groups in total. The summed E-state index contributed by atoms with van der Waals surface area (Å²) in [7, 11) is 0. The number of nitrogens with one attached hydrogen (secondary N) is 1. The number of aliphatic hydroxyl groups excluding tert-OH is 2. The molecule has 1 aliphatic heterocycles. The molecule has 2 atom stereocenters. The molecule has 0 spiro atoms. The van der Waals surface area contributed by atoms with Crippen LogP contribution in [0.5, 0.6) is 17.2 Å². The number of aliphatic hydroxyl groups is 2. The fourth-order valence-electron chi connectivity index (χ4n) is 3.78. The van der Waals surface area contributed by atoms with Crippen LogP contribution in [0.1, 0.15) is 19.8 Å². The van der Waals surface area contributed by atoms with Gasteiger partial charge in [-0.1, -0.05) is 23.2 Å². The number of ether oxygens (including phenoxy) is 3. The van der Waals surface area contributed by atoms with Crippen LogP contribution in [-0.2, 0) is 0 Å². The summed E-state index contributed by atoms with van der Waals surface area (Å²) in [6, 6.07) is 12.8. The Morgan fingerprint density at radius 1 is 0.882 bits per heavy atom. The van der Waals surface area contributed by atoms with Gasteiger partial charge in [-0.2, -0.15) is 0 Å². The molecule has 1 aliphatic rings. The lowest BCUT2D eigenvalue weighted by Gasteiger charge is -2.33. The van der Waals surface area contributed by atoms with Gasteiger partial charge >= 0.3 is 0 Å². The Bertz CT molecular complexity index is 863. The highest BCUT2D eigenvalue weighted by molar-refractivity contribution is 6.42. The van der Waals surface area contributed by atoms with Crippen LogP contribution in [0.15, 0.2) is 42.5 Å². The third kappa shape index (κ3) is 9.13. The molecule has 2 aromatic carbocycles. The van der Waals surface area contributed by atoms with Gasteiger partial charge in [0.05, 0.1) is 16.7 Å². The van der Waals surface area contributed by atoms with Crippen molar-refractivity contribution in [3.05, 3.63) is 52.5 Å². The maximum Gasteiger partial charge on any atom is 0.121 e. The Hall–Kier alpha value is -1.74. The lowest BCUT2D eigenvalue weighted by molar-refractivity contribution is 0.0556. The largest absolute Gasteiger partial charge is 0.494 e. The molecule has 34 heavy (non-hydrogen) atoms. The van der Waals surface area contributed by atoms with Crippen LogP contribution in [0, 0.1) is 0 Å². The van der Waals surface area contributed by atoms with Gasteiger partial charge in [-0.3, -0.25) is 0 Å². The number of hydrogen-bond donors (Lipinski definition) is 3. The molecule has 0 bridgehead atoms. The summed E-state index contributed by atoms with van der Waals surface area (Å²) in [6.07, 6.45) is 0.713. The highest BCUT2D eigenvalue weighted by atomic mass is 35.5. The van der Waals surface area contributed by atoms with Crippen LogP contribution >= 0.6 is 23.2 Å². The average molecular weight is 513 g/mol. The molecule has 9 heteroatoms. The number of β-amino-alcohol motifs (C(OH)–C–C–N with tert-alkyl or cyclic N) is 1. The van der Waals surface area contributed by atoms with Crippen LogP contribution in [0.4, 0.5) is 0 Å². The van der Waals surface area contributed by atoms with E-state index in [2.05, 4.69) is 10.2 Å². The number of likely N-dealkylation sites (tertiary alicyclic amines) is 1. The fourth-order valence-corrected chi connectivity index (χ4v) is 4.07.